The van der Waals surface area contributed by atoms with Crippen molar-refractivity contribution in [2.75, 3.05) is 32.8 Å². The molecule has 0 spiro atoms. The second-order valence-corrected chi connectivity index (χ2v) is 7.74. The summed E-state index contributed by atoms with van der Waals surface area (Å²) in [5.41, 5.74) is 0.647. The number of nitrogens with zero attached hydrogens (tertiary/aromatic N) is 4. The average molecular weight is 447 g/mol. The van der Waals surface area contributed by atoms with Crippen LogP contribution in [0.2, 0.25) is 10.0 Å². The summed E-state index contributed by atoms with van der Waals surface area (Å²) in [7, 11) is 0. The van der Waals surface area contributed by atoms with Crippen LogP contribution in [0.25, 0.3) is 11.5 Å². The van der Waals surface area contributed by atoms with Crippen LogP contribution in [-0.4, -0.2) is 58.6 Å². The molecule has 0 N–H and O–H groups in total. The van der Waals surface area contributed by atoms with Crippen molar-refractivity contribution < 1.29 is 14.1 Å². The summed E-state index contributed by atoms with van der Waals surface area (Å²) < 4.78 is 10.9. The summed E-state index contributed by atoms with van der Waals surface area (Å²) in [6.45, 7) is 3.29. The molecule has 7 nitrogen and oxygen atoms in total. The number of rotatable bonds is 6. The summed E-state index contributed by atoms with van der Waals surface area (Å²) in [5.74, 6) is 1.61. The third kappa shape index (κ3) is 5.11. The maximum absolute atomic E-state index is 12.4. The van der Waals surface area contributed by atoms with Crippen molar-refractivity contribution in [1.29, 1.82) is 0 Å². The SMILES string of the molecule is O=C(COc1ccccc1)N1CCN(Cc2noc(-c3ccc(Cl)cc3Cl)n2)CC1. The highest BCUT2D eigenvalue weighted by Crippen LogP contribution is 2.29. The van der Waals surface area contributed by atoms with Crippen LogP contribution in [0.5, 0.6) is 5.75 Å². The lowest BCUT2D eigenvalue weighted by molar-refractivity contribution is -0.135. The highest BCUT2D eigenvalue weighted by atomic mass is 35.5. The number of aromatic nitrogens is 2. The van der Waals surface area contributed by atoms with Gasteiger partial charge in [0.25, 0.3) is 11.8 Å². The third-order valence-electron chi connectivity index (χ3n) is 4.83. The molecule has 156 valence electrons. The number of hydrogen-bond donors (Lipinski definition) is 0. The first-order valence-electron chi connectivity index (χ1n) is 9.54. The summed E-state index contributed by atoms with van der Waals surface area (Å²) >= 11 is 12.1. The van der Waals surface area contributed by atoms with E-state index in [1.165, 1.54) is 0 Å². The highest BCUT2D eigenvalue weighted by Gasteiger charge is 2.23. The molecule has 0 radical (unpaired) electrons. The largest absolute Gasteiger partial charge is 0.484 e. The van der Waals surface area contributed by atoms with Gasteiger partial charge in [-0.3, -0.25) is 9.69 Å². The fraction of sp³-hybridized carbons (Fsp3) is 0.286. The molecule has 0 unspecified atom stereocenters. The summed E-state index contributed by atoms with van der Waals surface area (Å²) in [6.07, 6.45) is 0. The van der Waals surface area contributed by atoms with Crippen LogP contribution < -0.4 is 4.74 Å². The Morgan fingerprint density at radius 1 is 1.07 bits per heavy atom. The van der Waals surface area contributed by atoms with Gasteiger partial charge < -0.3 is 14.2 Å². The van der Waals surface area contributed by atoms with Crippen LogP contribution in [0.3, 0.4) is 0 Å². The topological polar surface area (TPSA) is 71.7 Å². The standard InChI is InChI=1S/C21H20Cl2N4O3/c22-15-6-7-17(18(23)12-15)21-24-19(25-30-21)13-26-8-10-27(11-9-26)20(28)14-29-16-4-2-1-3-5-16/h1-7,12H,8-11,13-14H2. The van der Waals surface area contributed by atoms with Gasteiger partial charge in [0.05, 0.1) is 17.1 Å². The van der Waals surface area contributed by atoms with E-state index in [0.29, 0.717) is 52.7 Å². The molecule has 4 rings (SSSR count). The van der Waals surface area contributed by atoms with E-state index in [0.717, 1.165) is 13.1 Å². The van der Waals surface area contributed by atoms with Gasteiger partial charge in [-0.05, 0) is 30.3 Å². The van der Waals surface area contributed by atoms with Gasteiger partial charge in [0.1, 0.15) is 5.75 Å². The van der Waals surface area contributed by atoms with Crippen molar-refractivity contribution in [3.63, 3.8) is 0 Å². The molecule has 1 saturated heterocycles. The van der Waals surface area contributed by atoms with Crippen LogP contribution in [0, 0.1) is 0 Å². The molecular weight excluding hydrogens is 427 g/mol. The van der Waals surface area contributed by atoms with Crippen LogP contribution in [0.15, 0.2) is 53.1 Å². The van der Waals surface area contributed by atoms with Gasteiger partial charge in [-0.2, -0.15) is 4.98 Å². The molecule has 0 atom stereocenters. The molecule has 2 aromatic carbocycles. The molecule has 1 amide bonds. The Morgan fingerprint density at radius 3 is 2.57 bits per heavy atom. The fourth-order valence-electron chi connectivity index (χ4n) is 3.20. The van der Waals surface area contributed by atoms with E-state index >= 15 is 0 Å². The Hall–Kier alpha value is -2.61. The predicted molar refractivity (Wildman–Crippen MR) is 114 cm³/mol. The first-order valence-corrected chi connectivity index (χ1v) is 10.3. The van der Waals surface area contributed by atoms with Gasteiger partial charge in [0.15, 0.2) is 12.4 Å². The van der Waals surface area contributed by atoms with Crippen LogP contribution in [0.4, 0.5) is 0 Å². The van der Waals surface area contributed by atoms with Crippen molar-refractivity contribution in [2.24, 2.45) is 0 Å². The Balaban J connectivity index is 1.27. The van der Waals surface area contributed by atoms with Gasteiger partial charge in [0.2, 0.25) is 0 Å². The number of para-hydroxylation sites is 1. The van der Waals surface area contributed by atoms with Crippen molar-refractivity contribution >= 4 is 29.1 Å². The number of carbonyl (C=O) groups excluding carboxylic acids is 1. The lowest BCUT2D eigenvalue weighted by Crippen LogP contribution is -2.49. The van der Waals surface area contributed by atoms with Crippen LogP contribution >= 0.6 is 23.2 Å². The number of benzene rings is 2. The lowest BCUT2D eigenvalue weighted by atomic mass is 10.2. The van der Waals surface area contributed by atoms with Crippen molar-refractivity contribution in [3.05, 3.63) is 64.4 Å². The molecule has 3 aromatic rings. The van der Waals surface area contributed by atoms with E-state index in [2.05, 4.69) is 15.0 Å². The summed E-state index contributed by atoms with van der Waals surface area (Å²) in [5, 5.41) is 5.05. The van der Waals surface area contributed by atoms with E-state index in [4.69, 9.17) is 32.5 Å². The first-order chi connectivity index (χ1) is 14.6. The van der Waals surface area contributed by atoms with Gasteiger partial charge in [-0.25, -0.2) is 0 Å². The third-order valence-corrected chi connectivity index (χ3v) is 5.37. The van der Waals surface area contributed by atoms with E-state index in [9.17, 15) is 4.79 Å². The number of carbonyl (C=O) groups is 1. The lowest BCUT2D eigenvalue weighted by Gasteiger charge is -2.33. The maximum atomic E-state index is 12.4. The molecule has 9 heteroatoms. The van der Waals surface area contributed by atoms with Gasteiger partial charge in [-0.15, -0.1) is 0 Å². The minimum Gasteiger partial charge on any atom is -0.484 e. The molecule has 0 aliphatic carbocycles. The van der Waals surface area contributed by atoms with Crippen molar-refractivity contribution in [3.8, 4) is 17.2 Å². The normalized spacial score (nSPS) is 14.7. The van der Waals surface area contributed by atoms with E-state index in [1.807, 2.05) is 35.2 Å². The predicted octanol–water partition coefficient (Wildman–Crippen LogP) is 3.77. The number of piperazine rings is 1. The van der Waals surface area contributed by atoms with E-state index in [1.54, 1.807) is 18.2 Å². The highest BCUT2D eigenvalue weighted by molar-refractivity contribution is 6.36. The molecule has 2 heterocycles. The Kier molecular flexibility index (Phi) is 6.52. The quantitative estimate of drug-likeness (QED) is 0.573. The zero-order valence-electron chi connectivity index (χ0n) is 16.1. The minimum absolute atomic E-state index is 0.0160. The van der Waals surface area contributed by atoms with Crippen molar-refractivity contribution in [1.82, 2.24) is 19.9 Å². The van der Waals surface area contributed by atoms with Crippen molar-refractivity contribution in [2.45, 2.75) is 6.54 Å². The number of ether oxygens (including phenoxy) is 1. The maximum Gasteiger partial charge on any atom is 0.260 e. The molecule has 1 aromatic heterocycles. The molecule has 0 bridgehead atoms. The Morgan fingerprint density at radius 2 is 1.83 bits per heavy atom. The smallest absolute Gasteiger partial charge is 0.260 e. The molecule has 0 saturated carbocycles. The van der Waals surface area contributed by atoms with Gasteiger partial charge in [-0.1, -0.05) is 46.6 Å². The summed E-state index contributed by atoms with van der Waals surface area (Å²) in [6, 6.07) is 14.5. The van der Waals surface area contributed by atoms with Crippen LogP contribution in [0.1, 0.15) is 5.82 Å². The zero-order chi connectivity index (χ0) is 20.9. The molecule has 1 aliphatic heterocycles. The first kappa shape index (κ1) is 20.7. The average Bonchev–Trinajstić information content (AvgIpc) is 3.21. The molecule has 1 fully saturated rings. The molecule has 30 heavy (non-hydrogen) atoms. The Bertz CT molecular complexity index is 1000. The molecular formula is C21H20Cl2N4O3. The monoisotopic (exact) mass is 446 g/mol. The van der Waals surface area contributed by atoms with Gasteiger partial charge >= 0.3 is 0 Å². The van der Waals surface area contributed by atoms with E-state index < -0.39 is 0 Å². The molecule has 1 aliphatic rings. The van der Waals surface area contributed by atoms with Crippen LogP contribution in [-0.2, 0) is 11.3 Å². The Labute approximate surface area is 184 Å². The number of hydrogen-bond acceptors (Lipinski definition) is 6. The minimum atomic E-state index is -0.0160. The summed E-state index contributed by atoms with van der Waals surface area (Å²) in [4.78, 5) is 20.8. The van der Waals surface area contributed by atoms with E-state index in [-0.39, 0.29) is 12.5 Å². The van der Waals surface area contributed by atoms with Gasteiger partial charge in [0, 0.05) is 31.2 Å². The number of halogens is 2. The number of amides is 1. The second-order valence-electron chi connectivity index (χ2n) is 6.90. The fourth-order valence-corrected chi connectivity index (χ4v) is 3.69. The zero-order valence-corrected chi connectivity index (χ0v) is 17.6. The second kappa shape index (κ2) is 9.47.